The number of hydrogen-bond donors (Lipinski definition) is 3. The standard InChI is InChI=1S/C9H15N5O2/c10-9-5-8-6-11-7-13(8)14(9)12(1-3-15)2-4-16/h5-7,15-16H,1-4,10H2. The minimum atomic E-state index is -0.00614. The van der Waals surface area contributed by atoms with Crippen molar-refractivity contribution in [1.29, 1.82) is 0 Å². The van der Waals surface area contributed by atoms with Crippen LogP contribution in [0.3, 0.4) is 0 Å². The van der Waals surface area contributed by atoms with Gasteiger partial charge in [0.1, 0.15) is 12.1 Å². The third-order valence-corrected chi connectivity index (χ3v) is 2.36. The summed E-state index contributed by atoms with van der Waals surface area (Å²) in [5, 5.41) is 19.7. The number of rotatable bonds is 5. The number of nitrogen functional groups attached to an aromatic ring is 1. The van der Waals surface area contributed by atoms with Gasteiger partial charge in [-0.05, 0) is 0 Å². The van der Waals surface area contributed by atoms with E-state index in [4.69, 9.17) is 15.9 Å². The Morgan fingerprint density at radius 3 is 2.62 bits per heavy atom. The number of nitrogens with zero attached hydrogens (tertiary/aromatic N) is 4. The van der Waals surface area contributed by atoms with Crippen LogP contribution >= 0.6 is 0 Å². The number of fused-ring (bicyclic) bond motifs is 1. The zero-order chi connectivity index (χ0) is 11.5. The first-order valence-corrected chi connectivity index (χ1v) is 5.04. The second-order valence-corrected chi connectivity index (χ2v) is 3.42. The van der Waals surface area contributed by atoms with E-state index in [1.165, 1.54) is 0 Å². The highest BCUT2D eigenvalue weighted by Crippen LogP contribution is 2.12. The molecule has 0 fully saturated rings. The van der Waals surface area contributed by atoms with Crippen LogP contribution in [0.25, 0.3) is 5.52 Å². The molecule has 0 atom stereocenters. The third-order valence-electron chi connectivity index (χ3n) is 2.36. The molecule has 0 aromatic carbocycles. The summed E-state index contributed by atoms with van der Waals surface area (Å²) in [7, 11) is 0. The van der Waals surface area contributed by atoms with Crippen LogP contribution in [-0.4, -0.2) is 50.8 Å². The largest absolute Gasteiger partial charge is 0.394 e. The Morgan fingerprint density at radius 2 is 2.00 bits per heavy atom. The first-order valence-electron chi connectivity index (χ1n) is 5.04. The second kappa shape index (κ2) is 4.42. The topological polar surface area (TPSA) is 92.0 Å². The molecular formula is C9H15N5O2. The van der Waals surface area contributed by atoms with E-state index >= 15 is 0 Å². The fourth-order valence-corrected chi connectivity index (χ4v) is 1.73. The SMILES string of the molecule is Nc1cc2cncn2n1N(CCO)CCO. The number of nitrogens with two attached hydrogens (primary N) is 1. The van der Waals surface area contributed by atoms with Crippen molar-refractivity contribution < 1.29 is 10.2 Å². The zero-order valence-corrected chi connectivity index (χ0v) is 8.82. The quantitative estimate of drug-likeness (QED) is 0.584. The van der Waals surface area contributed by atoms with Crippen molar-refractivity contribution in [3.63, 3.8) is 0 Å². The van der Waals surface area contributed by atoms with E-state index in [2.05, 4.69) is 4.98 Å². The fourth-order valence-electron chi connectivity index (χ4n) is 1.73. The molecule has 0 saturated carbocycles. The molecule has 7 nitrogen and oxygen atoms in total. The number of imidazole rings is 1. The van der Waals surface area contributed by atoms with Gasteiger partial charge in [0.25, 0.3) is 0 Å². The lowest BCUT2D eigenvalue weighted by Crippen LogP contribution is -2.41. The number of hydrogen-bond acceptors (Lipinski definition) is 5. The molecule has 0 amide bonds. The van der Waals surface area contributed by atoms with Gasteiger partial charge in [-0.15, -0.1) is 0 Å². The fraction of sp³-hybridized carbons (Fsp3) is 0.444. The van der Waals surface area contributed by atoms with Crippen molar-refractivity contribution in [3.05, 3.63) is 18.6 Å². The normalized spacial score (nSPS) is 11.1. The van der Waals surface area contributed by atoms with Crippen LogP contribution in [0.1, 0.15) is 0 Å². The van der Waals surface area contributed by atoms with Crippen LogP contribution in [-0.2, 0) is 0 Å². The molecule has 0 bridgehead atoms. The molecular weight excluding hydrogens is 210 g/mol. The number of aliphatic hydroxyl groups excluding tert-OH is 2. The first-order chi connectivity index (χ1) is 7.77. The first kappa shape index (κ1) is 10.8. The van der Waals surface area contributed by atoms with E-state index in [-0.39, 0.29) is 13.2 Å². The summed E-state index contributed by atoms with van der Waals surface area (Å²) >= 11 is 0. The van der Waals surface area contributed by atoms with E-state index in [0.29, 0.717) is 18.9 Å². The van der Waals surface area contributed by atoms with Gasteiger partial charge in [-0.1, -0.05) is 0 Å². The van der Waals surface area contributed by atoms with E-state index in [1.807, 2.05) is 0 Å². The van der Waals surface area contributed by atoms with Gasteiger partial charge in [0.2, 0.25) is 0 Å². The number of aliphatic hydroxyl groups is 2. The summed E-state index contributed by atoms with van der Waals surface area (Å²) in [5.41, 5.74) is 6.74. The van der Waals surface area contributed by atoms with Crippen LogP contribution in [0.4, 0.5) is 5.82 Å². The Bertz CT molecular complexity index is 457. The summed E-state index contributed by atoms with van der Waals surface area (Å²) in [6, 6.07) is 1.79. The molecule has 0 spiro atoms. The lowest BCUT2D eigenvalue weighted by molar-refractivity contribution is 0.260. The molecule has 0 aliphatic heterocycles. The second-order valence-electron chi connectivity index (χ2n) is 3.42. The maximum absolute atomic E-state index is 8.97. The molecule has 2 rings (SSSR count). The molecule has 2 heterocycles. The summed E-state index contributed by atoms with van der Waals surface area (Å²) in [6.07, 6.45) is 3.33. The van der Waals surface area contributed by atoms with Crippen LogP contribution in [0, 0.1) is 0 Å². The molecule has 0 saturated heterocycles. The van der Waals surface area contributed by atoms with Gasteiger partial charge < -0.3 is 15.9 Å². The van der Waals surface area contributed by atoms with Gasteiger partial charge in [-0.2, -0.15) is 4.79 Å². The average Bonchev–Trinajstić information content (AvgIpc) is 2.77. The van der Waals surface area contributed by atoms with Crippen LogP contribution in [0.5, 0.6) is 0 Å². The molecule has 0 aliphatic carbocycles. The minimum Gasteiger partial charge on any atom is -0.394 e. The van der Waals surface area contributed by atoms with E-state index in [0.717, 1.165) is 5.52 Å². The Hall–Kier alpha value is -1.73. The van der Waals surface area contributed by atoms with Crippen LogP contribution < -0.4 is 10.7 Å². The molecule has 2 aromatic rings. The van der Waals surface area contributed by atoms with Crippen molar-refractivity contribution in [2.45, 2.75) is 0 Å². The van der Waals surface area contributed by atoms with E-state index < -0.39 is 0 Å². The van der Waals surface area contributed by atoms with Crippen LogP contribution in [0.2, 0.25) is 0 Å². The molecule has 0 radical (unpaired) electrons. The maximum atomic E-state index is 8.97. The monoisotopic (exact) mass is 225 g/mol. The summed E-state index contributed by atoms with van der Waals surface area (Å²) in [6.45, 7) is 0.779. The molecule has 7 heteroatoms. The summed E-state index contributed by atoms with van der Waals surface area (Å²) in [5.74, 6) is 0.541. The van der Waals surface area contributed by atoms with Crippen molar-refractivity contribution >= 4 is 11.3 Å². The highest BCUT2D eigenvalue weighted by molar-refractivity contribution is 5.53. The van der Waals surface area contributed by atoms with Crippen molar-refractivity contribution in [2.24, 2.45) is 0 Å². The van der Waals surface area contributed by atoms with Crippen molar-refractivity contribution in [3.8, 4) is 0 Å². The minimum absolute atomic E-state index is 0.00614. The molecule has 2 aromatic heterocycles. The number of aromatic nitrogens is 3. The highest BCUT2D eigenvalue weighted by atomic mass is 16.3. The van der Waals surface area contributed by atoms with Gasteiger partial charge in [0.05, 0.1) is 38.0 Å². The van der Waals surface area contributed by atoms with Gasteiger partial charge in [0.15, 0.2) is 0 Å². The van der Waals surface area contributed by atoms with Crippen LogP contribution in [0.15, 0.2) is 18.6 Å². The third kappa shape index (κ3) is 1.70. The highest BCUT2D eigenvalue weighted by Gasteiger charge is 2.12. The molecule has 0 aliphatic rings. The van der Waals surface area contributed by atoms with E-state index in [1.54, 1.807) is 32.9 Å². The Labute approximate surface area is 92.3 Å². The van der Waals surface area contributed by atoms with Gasteiger partial charge in [-0.3, -0.25) is 5.01 Å². The Balaban J connectivity index is 2.41. The lowest BCUT2D eigenvalue weighted by atomic mass is 10.5. The summed E-state index contributed by atoms with van der Waals surface area (Å²) < 4.78 is 1.76. The van der Waals surface area contributed by atoms with Crippen molar-refractivity contribution in [1.82, 2.24) is 14.3 Å². The van der Waals surface area contributed by atoms with Gasteiger partial charge >= 0.3 is 0 Å². The Morgan fingerprint density at radius 1 is 1.31 bits per heavy atom. The lowest BCUT2D eigenvalue weighted by Gasteiger charge is -2.25. The maximum Gasteiger partial charge on any atom is 0.144 e. The molecule has 0 unspecified atom stereocenters. The van der Waals surface area contributed by atoms with Gasteiger partial charge in [0, 0.05) is 6.07 Å². The smallest absolute Gasteiger partial charge is 0.144 e. The predicted molar refractivity (Wildman–Crippen MR) is 59.7 cm³/mol. The zero-order valence-electron chi connectivity index (χ0n) is 8.82. The van der Waals surface area contributed by atoms with Gasteiger partial charge in [-0.25, -0.2) is 9.50 Å². The summed E-state index contributed by atoms with van der Waals surface area (Å²) in [4.78, 5) is 5.69. The molecule has 16 heavy (non-hydrogen) atoms. The Kier molecular flexibility index (Phi) is 2.97. The van der Waals surface area contributed by atoms with E-state index in [9.17, 15) is 0 Å². The van der Waals surface area contributed by atoms with Crippen molar-refractivity contribution in [2.75, 3.05) is 37.0 Å². The average molecular weight is 225 g/mol. The predicted octanol–water partition coefficient (Wildman–Crippen LogP) is -1.36. The number of anilines is 1. The molecule has 4 N–H and O–H groups in total. The molecule has 88 valence electrons.